The number of nitrogens with zero attached hydrogens (tertiary/aromatic N) is 2. The summed E-state index contributed by atoms with van der Waals surface area (Å²) in [6.45, 7) is 4.06. The van der Waals surface area contributed by atoms with Crippen molar-refractivity contribution in [2.45, 2.75) is 32.2 Å². The summed E-state index contributed by atoms with van der Waals surface area (Å²) in [5.41, 5.74) is 0.966. The third-order valence-corrected chi connectivity index (χ3v) is 2.81. The summed E-state index contributed by atoms with van der Waals surface area (Å²) >= 11 is 0. The predicted molar refractivity (Wildman–Crippen MR) is 60.9 cm³/mol. The Morgan fingerprint density at radius 3 is 3.00 bits per heavy atom. The monoisotopic (exact) mass is 206 g/mol. The van der Waals surface area contributed by atoms with Crippen LogP contribution in [0, 0.1) is 6.92 Å². The first-order valence-corrected chi connectivity index (χ1v) is 5.61. The van der Waals surface area contributed by atoms with Crippen molar-refractivity contribution in [3.63, 3.8) is 0 Å². The second-order valence-electron chi connectivity index (χ2n) is 4.02. The highest BCUT2D eigenvalue weighted by molar-refractivity contribution is 5.38. The van der Waals surface area contributed by atoms with Crippen molar-refractivity contribution < 1.29 is 0 Å². The molecule has 0 radical (unpaired) electrons. The highest BCUT2D eigenvalue weighted by Gasteiger charge is 2.12. The molecule has 1 aliphatic rings. The first-order valence-electron chi connectivity index (χ1n) is 5.61. The fourth-order valence-electron chi connectivity index (χ4n) is 1.90. The van der Waals surface area contributed by atoms with Crippen molar-refractivity contribution >= 4 is 5.82 Å². The van der Waals surface area contributed by atoms with Crippen LogP contribution < -0.4 is 10.6 Å². The van der Waals surface area contributed by atoms with Gasteiger partial charge in [0.2, 0.25) is 0 Å². The van der Waals surface area contributed by atoms with Gasteiger partial charge in [0.05, 0.1) is 5.69 Å². The first-order chi connectivity index (χ1) is 7.36. The summed E-state index contributed by atoms with van der Waals surface area (Å²) in [5, 5.41) is 6.84. The van der Waals surface area contributed by atoms with Crippen molar-refractivity contribution in [2.75, 3.05) is 18.4 Å². The summed E-state index contributed by atoms with van der Waals surface area (Å²) in [5.74, 6) is 0.907. The summed E-state index contributed by atoms with van der Waals surface area (Å²) in [6, 6.07) is 0.583. The SMILES string of the molecule is Cc1nccnc1NC[C@@H]1CCCCN1. The van der Waals surface area contributed by atoms with Crippen LogP contribution in [0.25, 0.3) is 0 Å². The summed E-state index contributed by atoms with van der Waals surface area (Å²) in [4.78, 5) is 8.46. The lowest BCUT2D eigenvalue weighted by Gasteiger charge is -2.23. The normalized spacial score (nSPS) is 21.3. The minimum Gasteiger partial charge on any atom is -0.367 e. The van der Waals surface area contributed by atoms with Gasteiger partial charge < -0.3 is 10.6 Å². The van der Waals surface area contributed by atoms with E-state index in [-0.39, 0.29) is 0 Å². The molecule has 4 nitrogen and oxygen atoms in total. The third-order valence-electron chi connectivity index (χ3n) is 2.81. The molecule has 1 aromatic heterocycles. The Bertz CT molecular complexity index is 307. The topological polar surface area (TPSA) is 49.8 Å². The van der Waals surface area contributed by atoms with Gasteiger partial charge in [0.15, 0.2) is 0 Å². The molecule has 0 unspecified atom stereocenters. The van der Waals surface area contributed by atoms with E-state index in [0.717, 1.165) is 24.6 Å². The average Bonchev–Trinajstić information content (AvgIpc) is 2.29. The maximum Gasteiger partial charge on any atom is 0.147 e. The molecule has 15 heavy (non-hydrogen) atoms. The standard InChI is InChI=1S/C11H18N4/c1-9-11(14-7-6-12-9)15-8-10-4-2-3-5-13-10/h6-7,10,13H,2-5,8H2,1H3,(H,14,15)/t10-/m0/s1. The Labute approximate surface area is 90.5 Å². The number of piperidine rings is 1. The average molecular weight is 206 g/mol. The maximum absolute atomic E-state index is 4.26. The maximum atomic E-state index is 4.26. The molecule has 82 valence electrons. The third kappa shape index (κ3) is 2.89. The van der Waals surface area contributed by atoms with E-state index in [1.807, 2.05) is 6.92 Å². The first kappa shape index (κ1) is 10.4. The molecule has 1 aliphatic heterocycles. The van der Waals surface area contributed by atoms with Crippen LogP contribution in [0.1, 0.15) is 25.0 Å². The molecule has 2 rings (SSSR count). The van der Waals surface area contributed by atoms with E-state index in [1.54, 1.807) is 12.4 Å². The molecule has 0 aromatic carbocycles. The highest BCUT2D eigenvalue weighted by atomic mass is 15.1. The van der Waals surface area contributed by atoms with Crippen LogP contribution in [-0.2, 0) is 0 Å². The van der Waals surface area contributed by atoms with Gasteiger partial charge in [-0.05, 0) is 26.3 Å². The number of aryl methyl sites for hydroxylation is 1. The molecule has 2 N–H and O–H groups in total. The molecule has 0 spiro atoms. The van der Waals surface area contributed by atoms with Gasteiger partial charge >= 0.3 is 0 Å². The molecule has 1 atom stereocenters. The number of anilines is 1. The minimum atomic E-state index is 0.583. The van der Waals surface area contributed by atoms with Gasteiger partial charge in [-0.15, -0.1) is 0 Å². The zero-order chi connectivity index (χ0) is 10.5. The Morgan fingerprint density at radius 2 is 2.27 bits per heavy atom. The largest absolute Gasteiger partial charge is 0.367 e. The van der Waals surface area contributed by atoms with E-state index in [1.165, 1.54) is 19.3 Å². The van der Waals surface area contributed by atoms with E-state index < -0.39 is 0 Å². The van der Waals surface area contributed by atoms with Crippen molar-refractivity contribution in [3.8, 4) is 0 Å². The van der Waals surface area contributed by atoms with Gasteiger partial charge in [0.25, 0.3) is 0 Å². The fraction of sp³-hybridized carbons (Fsp3) is 0.636. The van der Waals surface area contributed by atoms with Crippen LogP contribution in [0.4, 0.5) is 5.82 Å². The summed E-state index contributed by atoms with van der Waals surface area (Å²) in [6.07, 6.45) is 7.34. The number of rotatable bonds is 3. The molecule has 1 aromatic rings. The molecule has 4 heteroatoms. The Hall–Kier alpha value is -1.16. The van der Waals surface area contributed by atoms with Crippen molar-refractivity contribution in [1.82, 2.24) is 15.3 Å². The van der Waals surface area contributed by atoms with Crippen LogP contribution in [0.2, 0.25) is 0 Å². The van der Waals surface area contributed by atoms with Crippen LogP contribution in [0.5, 0.6) is 0 Å². The van der Waals surface area contributed by atoms with E-state index in [4.69, 9.17) is 0 Å². The lowest BCUT2D eigenvalue weighted by molar-refractivity contribution is 0.414. The van der Waals surface area contributed by atoms with E-state index in [2.05, 4.69) is 20.6 Å². The molecule has 1 fully saturated rings. The minimum absolute atomic E-state index is 0.583. The van der Waals surface area contributed by atoms with Gasteiger partial charge in [0.1, 0.15) is 5.82 Å². The van der Waals surface area contributed by atoms with Gasteiger partial charge in [0, 0.05) is 25.0 Å². The lowest BCUT2D eigenvalue weighted by Crippen LogP contribution is -2.39. The highest BCUT2D eigenvalue weighted by Crippen LogP contribution is 2.10. The molecular weight excluding hydrogens is 188 g/mol. The van der Waals surface area contributed by atoms with Gasteiger partial charge in [-0.25, -0.2) is 4.98 Å². The van der Waals surface area contributed by atoms with Crippen LogP contribution in [0.3, 0.4) is 0 Å². The zero-order valence-corrected chi connectivity index (χ0v) is 9.16. The second-order valence-corrected chi connectivity index (χ2v) is 4.02. The van der Waals surface area contributed by atoms with Crippen molar-refractivity contribution in [3.05, 3.63) is 18.1 Å². The lowest BCUT2D eigenvalue weighted by atomic mass is 10.1. The summed E-state index contributed by atoms with van der Waals surface area (Å²) < 4.78 is 0. The smallest absolute Gasteiger partial charge is 0.147 e. The van der Waals surface area contributed by atoms with E-state index in [0.29, 0.717) is 6.04 Å². The Balaban J connectivity index is 1.84. The molecule has 0 amide bonds. The molecule has 0 bridgehead atoms. The fourth-order valence-corrected chi connectivity index (χ4v) is 1.90. The molecular formula is C11H18N4. The van der Waals surface area contributed by atoms with Gasteiger partial charge in [-0.3, -0.25) is 4.98 Å². The van der Waals surface area contributed by atoms with E-state index >= 15 is 0 Å². The van der Waals surface area contributed by atoms with Crippen molar-refractivity contribution in [1.29, 1.82) is 0 Å². The van der Waals surface area contributed by atoms with E-state index in [9.17, 15) is 0 Å². The second kappa shape index (κ2) is 5.07. The quantitative estimate of drug-likeness (QED) is 0.783. The van der Waals surface area contributed by atoms with Crippen LogP contribution >= 0.6 is 0 Å². The Kier molecular flexibility index (Phi) is 3.50. The molecule has 2 heterocycles. The number of hydrogen-bond acceptors (Lipinski definition) is 4. The molecule has 0 aliphatic carbocycles. The number of nitrogens with one attached hydrogen (secondary N) is 2. The van der Waals surface area contributed by atoms with Crippen molar-refractivity contribution in [2.24, 2.45) is 0 Å². The van der Waals surface area contributed by atoms with Crippen LogP contribution in [0.15, 0.2) is 12.4 Å². The predicted octanol–water partition coefficient (Wildman–Crippen LogP) is 1.34. The number of aromatic nitrogens is 2. The zero-order valence-electron chi connectivity index (χ0n) is 9.16. The molecule has 1 saturated heterocycles. The Morgan fingerprint density at radius 1 is 1.40 bits per heavy atom. The van der Waals surface area contributed by atoms with Crippen LogP contribution in [-0.4, -0.2) is 29.1 Å². The number of hydrogen-bond donors (Lipinski definition) is 2. The summed E-state index contributed by atoms with van der Waals surface area (Å²) in [7, 11) is 0. The van der Waals surface area contributed by atoms with Gasteiger partial charge in [-0.2, -0.15) is 0 Å². The van der Waals surface area contributed by atoms with Gasteiger partial charge in [-0.1, -0.05) is 6.42 Å². The molecule has 0 saturated carbocycles.